The lowest BCUT2D eigenvalue weighted by atomic mass is 9.80. The number of nitrogen functional groups attached to an aromatic ring is 1. The zero-order valence-corrected chi connectivity index (χ0v) is 11.2. The van der Waals surface area contributed by atoms with E-state index in [1.807, 2.05) is 0 Å². The summed E-state index contributed by atoms with van der Waals surface area (Å²) in [4.78, 5) is 0. The number of anilines is 1. The van der Waals surface area contributed by atoms with Gasteiger partial charge in [0.05, 0.1) is 5.54 Å². The lowest BCUT2D eigenvalue weighted by Crippen LogP contribution is -2.32. The second-order valence-corrected chi connectivity index (χ2v) is 6.96. The molecule has 3 rings (SSSR count). The highest BCUT2D eigenvalue weighted by atomic mass is 15.3. The molecule has 1 heterocycles. The van der Waals surface area contributed by atoms with Gasteiger partial charge in [0, 0.05) is 17.2 Å². The van der Waals surface area contributed by atoms with Gasteiger partial charge in [0.1, 0.15) is 5.82 Å². The molecule has 2 fully saturated rings. The van der Waals surface area contributed by atoms with Crippen molar-refractivity contribution >= 4 is 5.82 Å². The van der Waals surface area contributed by atoms with E-state index in [1.165, 1.54) is 37.8 Å². The quantitative estimate of drug-likeness (QED) is 0.810. The Morgan fingerprint density at radius 1 is 1.35 bits per heavy atom. The lowest BCUT2D eigenvalue weighted by molar-refractivity contribution is 0.300. The van der Waals surface area contributed by atoms with Gasteiger partial charge in [-0.05, 0) is 58.8 Å². The van der Waals surface area contributed by atoms with E-state index >= 15 is 0 Å². The first-order valence-electron chi connectivity index (χ1n) is 6.77. The Bertz CT molecular complexity index is 431. The van der Waals surface area contributed by atoms with Gasteiger partial charge in [-0.2, -0.15) is 5.10 Å². The minimum absolute atomic E-state index is 0.0301. The van der Waals surface area contributed by atoms with E-state index in [-0.39, 0.29) is 5.54 Å². The van der Waals surface area contributed by atoms with Crippen LogP contribution in [0.25, 0.3) is 0 Å². The van der Waals surface area contributed by atoms with Crippen LogP contribution in [0, 0.1) is 5.92 Å². The van der Waals surface area contributed by atoms with Crippen molar-refractivity contribution in [2.24, 2.45) is 5.92 Å². The molecular weight excluding hydrogens is 210 g/mol. The van der Waals surface area contributed by atoms with Crippen LogP contribution in [0.15, 0.2) is 6.07 Å². The molecule has 2 bridgehead atoms. The van der Waals surface area contributed by atoms with Gasteiger partial charge in [-0.15, -0.1) is 0 Å². The third-order valence-corrected chi connectivity index (χ3v) is 4.65. The van der Waals surface area contributed by atoms with Crippen LogP contribution in [0.1, 0.15) is 58.6 Å². The molecule has 0 saturated heterocycles. The summed E-state index contributed by atoms with van der Waals surface area (Å²) in [7, 11) is 0. The van der Waals surface area contributed by atoms with Crippen molar-refractivity contribution in [2.45, 2.75) is 63.8 Å². The maximum Gasteiger partial charge on any atom is 0.145 e. The molecule has 0 spiro atoms. The number of rotatable bonds is 1. The van der Waals surface area contributed by atoms with Gasteiger partial charge in [-0.25, -0.2) is 0 Å². The topological polar surface area (TPSA) is 43.8 Å². The van der Waals surface area contributed by atoms with E-state index in [0.717, 1.165) is 5.92 Å². The lowest BCUT2D eigenvalue weighted by Gasteiger charge is -2.32. The van der Waals surface area contributed by atoms with E-state index < -0.39 is 0 Å². The van der Waals surface area contributed by atoms with Gasteiger partial charge in [-0.1, -0.05) is 0 Å². The smallest absolute Gasteiger partial charge is 0.145 e. The van der Waals surface area contributed by atoms with Gasteiger partial charge in [0.2, 0.25) is 0 Å². The highest BCUT2D eigenvalue weighted by molar-refractivity contribution is 5.36. The summed E-state index contributed by atoms with van der Waals surface area (Å²) in [5, 5.41) is 4.53. The first-order valence-corrected chi connectivity index (χ1v) is 6.77. The van der Waals surface area contributed by atoms with Gasteiger partial charge >= 0.3 is 0 Å². The molecule has 0 unspecified atom stereocenters. The molecule has 0 atom stereocenters. The average Bonchev–Trinajstić information content (AvgIpc) is 2.88. The molecular formula is C14H23N3. The minimum atomic E-state index is 0.0301. The van der Waals surface area contributed by atoms with E-state index in [0.29, 0.717) is 11.2 Å². The van der Waals surface area contributed by atoms with E-state index in [9.17, 15) is 0 Å². The molecule has 2 saturated carbocycles. The second kappa shape index (κ2) is 3.27. The van der Waals surface area contributed by atoms with Crippen LogP contribution in [-0.4, -0.2) is 9.78 Å². The summed E-state index contributed by atoms with van der Waals surface area (Å²) in [5.74, 6) is 1.64. The molecule has 17 heavy (non-hydrogen) atoms. The number of nitrogens with two attached hydrogens (primary N) is 1. The molecule has 2 N–H and O–H groups in total. The van der Waals surface area contributed by atoms with Crippen molar-refractivity contribution in [3.8, 4) is 0 Å². The van der Waals surface area contributed by atoms with Crippen LogP contribution in [0.3, 0.4) is 0 Å². The molecule has 2 aliphatic carbocycles. The summed E-state index contributed by atoms with van der Waals surface area (Å²) in [6, 6.07) is 2.12. The van der Waals surface area contributed by atoms with Crippen molar-refractivity contribution in [2.75, 3.05) is 5.73 Å². The number of hydrogen-bond donors (Lipinski definition) is 1. The normalized spacial score (nSPS) is 32.3. The molecule has 3 heteroatoms. The standard InChI is InChI=1S/C14H23N3/c1-13(2,3)17-11(8-12(15)16-17)14-6-4-10(9-14)5-7-14/h8,10H,4-7,9H2,1-3H3,(H2,15,16). The SMILES string of the molecule is CC(C)(C)n1nc(N)cc1C12CCC(CC1)C2. The summed E-state index contributed by atoms with van der Waals surface area (Å²) in [5.41, 5.74) is 7.75. The summed E-state index contributed by atoms with van der Waals surface area (Å²) in [6.07, 6.45) is 6.82. The number of aromatic nitrogens is 2. The minimum Gasteiger partial charge on any atom is -0.382 e. The molecule has 0 aromatic carbocycles. The third kappa shape index (κ3) is 1.59. The largest absolute Gasteiger partial charge is 0.382 e. The maximum atomic E-state index is 5.94. The first kappa shape index (κ1) is 11.1. The first-order chi connectivity index (χ1) is 7.91. The molecule has 0 amide bonds. The zero-order valence-electron chi connectivity index (χ0n) is 11.2. The van der Waals surface area contributed by atoms with Crippen LogP contribution >= 0.6 is 0 Å². The number of fused-ring (bicyclic) bond motifs is 2. The predicted octanol–water partition coefficient (Wildman–Crippen LogP) is 3.05. The van der Waals surface area contributed by atoms with Crippen molar-refractivity contribution in [1.82, 2.24) is 9.78 Å². The van der Waals surface area contributed by atoms with E-state index in [2.05, 4.69) is 36.6 Å². The summed E-state index contributed by atoms with van der Waals surface area (Å²) >= 11 is 0. The third-order valence-electron chi connectivity index (χ3n) is 4.65. The van der Waals surface area contributed by atoms with Crippen molar-refractivity contribution < 1.29 is 0 Å². The molecule has 94 valence electrons. The van der Waals surface area contributed by atoms with Crippen molar-refractivity contribution in [3.05, 3.63) is 11.8 Å². The maximum absolute atomic E-state index is 5.94. The van der Waals surface area contributed by atoms with Gasteiger partial charge in [0.15, 0.2) is 0 Å². The van der Waals surface area contributed by atoms with Gasteiger partial charge < -0.3 is 5.73 Å². The van der Waals surface area contributed by atoms with Crippen LogP contribution < -0.4 is 5.73 Å². The van der Waals surface area contributed by atoms with Crippen LogP contribution in [0.5, 0.6) is 0 Å². The molecule has 2 aliphatic rings. The highest BCUT2D eigenvalue weighted by Gasteiger charge is 2.48. The number of nitrogens with zero attached hydrogens (tertiary/aromatic N) is 2. The monoisotopic (exact) mass is 233 g/mol. The fourth-order valence-corrected chi connectivity index (χ4v) is 3.84. The average molecular weight is 233 g/mol. The van der Waals surface area contributed by atoms with Crippen LogP contribution in [-0.2, 0) is 11.0 Å². The highest BCUT2D eigenvalue weighted by Crippen LogP contribution is 2.55. The molecule has 0 aliphatic heterocycles. The Kier molecular flexibility index (Phi) is 2.14. The zero-order chi connectivity index (χ0) is 12.3. The van der Waals surface area contributed by atoms with Gasteiger partial charge in [-0.3, -0.25) is 4.68 Å². The number of hydrogen-bond acceptors (Lipinski definition) is 2. The predicted molar refractivity (Wildman–Crippen MR) is 69.9 cm³/mol. The fourth-order valence-electron chi connectivity index (χ4n) is 3.84. The molecule has 0 radical (unpaired) electrons. The fraction of sp³-hybridized carbons (Fsp3) is 0.786. The van der Waals surface area contributed by atoms with Crippen molar-refractivity contribution in [1.29, 1.82) is 0 Å². The second-order valence-electron chi connectivity index (χ2n) is 6.96. The van der Waals surface area contributed by atoms with Crippen LogP contribution in [0.4, 0.5) is 5.82 Å². The Morgan fingerprint density at radius 2 is 2.00 bits per heavy atom. The van der Waals surface area contributed by atoms with E-state index in [1.54, 1.807) is 0 Å². The Labute approximate surface area is 103 Å². The molecule has 3 nitrogen and oxygen atoms in total. The Balaban J connectivity index is 2.09. The Hall–Kier alpha value is -0.990. The molecule has 1 aromatic heterocycles. The molecule has 1 aromatic rings. The Morgan fingerprint density at radius 3 is 2.47 bits per heavy atom. The summed E-state index contributed by atoms with van der Waals surface area (Å²) < 4.78 is 2.18. The van der Waals surface area contributed by atoms with Crippen molar-refractivity contribution in [3.63, 3.8) is 0 Å². The van der Waals surface area contributed by atoms with Crippen LogP contribution in [0.2, 0.25) is 0 Å². The van der Waals surface area contributed by atoms with Gasteiger partial charge in [0.25, 0.3) is 0 Å². The summed E-state index contributed by atoms with van der Waals surface area (Å²) in [6.45, 7) is 6.63. The van der Waals surface area contributed by atoms with E-state index in [4.69, 9.17) is 5.73 Å².